The van der Waals surface area contributed by atoms with Crippen molar-refractivity contribution in [3.63, 3.8) is 0 Å². The van der Waals surface area contributed by atoms with Crippen molar-refractivity contribution in [2.45, 2.75) is 39.4 Å². The fourth-order valence-corrected chi connectivity index (χ4v) is 2.37. The molecule has 1 aromatic heterocycles. The van der Waals surface area contributed by atoms with Crippen LogP contribution in [0.3, 0.4) is 0 Å². The molecule has 1 rings (SSSR count). The molecular weight excluding hydrogens is 281 g/mol. The zero-order valence-corrected chi connectivity index (χ0v) is 11.6. The van der Waals surface area contributed by atoms with Crippen molar-refractivity contribution < 1.29 is 22.7 Å². The monoisotopic (exact) mass is 296 g/mol. The summed E-state index contributed by atoms with van der Waals surface area (Å²) in [4.78, 5) is 16.1. The zero-order valence-electron chi connectivity index (χ0n) is 10.8. The molecule has 4 nitrogen and oxygen atoms in total. The van der Waals surface area contributed by atoms with E-state index in [1.165, 1.54) is 6.92 Å². The summed E-state index contributed by atoms with van der Waals surface area (Å²) in [6.45, 7) is 4.98. The molecule has 0 fully saturated rings. The van der Waals surface area contributed by atoms with Crippen molar-refractivity contribution in [1.29, 1.82) is 0 Å². The minimum absolute atomic E-state index is 0.147. The van der Waals surface area contributed by atoms with E-state index in [0.717, 1.165) is 11.3 Å². The van der Waals surface area contributed by atoms with Gasteiger partial charge in [0.2, 0.25) is 0 Å². The van der Waals surface area contributed by atoms with E-state index in [1.54, 1.807) is 13.8 Å². The molecule has 0 radical (unpaired) electrons. The van der Waals surface area contributed by atoms with Crippen LogP contribution in [0, 0.1) is 6.92 Å². The minimum Gasteiger partial charge on any atom is -0.461 e. The highest BCUT2D eigenvalue weighted by Crippen LogP contribution is 2.26. The SMILES string of the molecule is CCOC(=O)c1nc(NC(C)CC(F)(F)F)sc1C. The van der Waals surface area contributed by atoms with Crippen LogP contribution in [0.4, 0.5) is 18.3 Å². The number of esters is 1. The van der Waals surface area contributed by atoms with E-state index >= 15 is 0 Å². The molecule has 0 saturated heterocycles. The van der Waals surface area contributed by atoms with Gasteiger partial charge in [0.1, 0.15) is 0 Å². The van der Waals surface area contributed by atoms with Crippen molar-refractivity contribution in [3.05, 3.63) is 10.6 Å². The number of aromatic nitrogens is 1. The van der Waals surface area contributed by atoms with Crippen LogP contribution in [0.2, 0.25) is 0 Å². The van der Waals surface area contributed by atoms with Crippen LogP contribution in [-0.2, 0) is 4.74 Å². The summed E-state index contributed by atoms with van der Waals surface area (Å²) >= 11 is 1.13. The number of aryl methyl sites for hydroxylation is 1. The van der Waals surface area contributed by atoms with E-state index in [2.05, 4.69) is 10.3 Å². The Morgan fingerprint density at radius 2 is 2.16 bits per heavy atom. The van der Waals surface area contributed by atoms with Crippen LogP contribution in [0.15, 0.2) is 0 Å². The Morgan fingerprint density at radius 3 is 2.68 bits per heavy atom. The number of nitrogens with zero attached hydrogens (tertiary/aromatic N) is 1. The maximum absolute atomic E-state index is 12.2. The number of nitrogens with one attached hydrogen (secondary N) is 1. The Bertz CT molecular complexity index is 446. The molecule has 0 aromatic carbocycles. The highest BCUT2D eigenvalue weighted by Gasteiger charge is 2.30. The van der Waals surface area contributed by atoms with E-state index < -0.39 is 24.6 Å². The molecule has 108 valence electrons. The fourth-order valence-electron chi connectivity index (χ4n) is 1.46. The van der Waals surface area contributed by atoms with Gasteiger partial charge in [-0.05, 0) is 20.8 Å². The molecule has 1 atom stereocenters. The van der Waals surface area contributed by atoms with Crippen LogP contribution in [0.25, 0.3) is 0 Å². The first-order valence-electron chi connectivity index (χ1n) is 5.70. The molecule has 0 spiro atoms. The fraction of sp³-hybridized carbons (Fsp3) is 0.636. The lowest BCUT2D eigenvalue weighted by atomic mass is 10.2. The molecule has 1 aromatic rings. The van der Waals surface area contributed by atoms with Crippen molar-refractivity contribution in [2.24, 2.45) is 0 Å². The Kier molecular flexibility index (Phi) is 5.16. The summed E-state index contributed by atoms with van der Waals surface area (Å²) < 4.78 is 41.4. The van der Waals surface area contributed by atoms with Gasteiger partial charge in [-0.1, -0.05) is 0 Å². The average Bonchev–Trinajstić information content (AvgIpc) is 2.56. The summed E-state index contributed by atoms with van der Waals surface area (Å²) in [6, 6.07) is -0.805. The molecule has 1 unspecified atom stereocenters. The number of carbonyl (C=O) groups is 1. The summed E-state index contributed by atoms with van der Waals surface area (Å²) in [5.41, 5.74) is 0.147. The normalized spacial score (nSPS) is 13.2. The number of halogens is 3. The number of thiazole rings is 1. The second kappa shape index (κ2) is 6.23. The molecule has 0 aliphatic carbocycles. The lowest BCUT2D eigenvalue weighted by Crippen LogP contribution is -2.23. The number of ether oxygens (including phenoxy) is 1. The van der Waals surface area contributed by atoms with E-state index in [1.807, 2.05) is 0 Å². The van der Waals surface area contributed by atoms with Crippen molar-refractivity contribution >= 4 is 22.4 Å². The molecule has 0 saturated carbocycles. The van der Waals surface area contributed by atoms with Crippen molar-refractivity contribution in [2.75, 3.05) is 11.9 Å². The molecular formula is C11H15F3N2O2S. The highest BCUT2D eigenvalue weighted by molar-refractivity contribution is 7.15. The summed E-state index contributed by atoms with van der Waals surface area (Å²) in [6.07, 6.45) is -5.19. The first-order chi connectivity index (χ1) is 8.73. The van der Waals surface area contributed by atoms with Crippen LogP contribution >= 0.6 is 11.3 Å². The van der Waals surface area contributed by atoms with Gasteiger partial charge >= 0.3 is 12.1 Å². The third-order valence-corrected chi connectivity index (χ3v) is 3.07. The lowest BCUT2D eigenvalue weighted by molar-refractivity contribution is -0.136. The maximum Gasteiger partial charge on any atom is 0.391 e. The second-order valence-corrected chi connectivity index (χ2v) is 5.21. The summed E-state index contributed by atoms with van der Waals surface area (Å²) in [5, 5.41) is 2.93. The zero-order chi connectivity index (χ0) is 14.6. The molecule has 0 amide bonds. The first kappa shape index (κ1) is 15.7. The van der Waals surface area contributed by atoms with Gasteiger partial charge in [-0.15, -0.1) is 11.3 Å². The van der Waals surface area contributed by atoms with E-state index in [0.29, 0.717) is 4.88 Å². The topological polar surface area (TPSA) is 51.2 Å². The Morgan fingerprint density at radius 1 is 1.53 bits per heavy atom. The highest BCUT2D eigenvalue weighted by atomic mass is 32.1. The quantitative estimate of drug-likeness (QED) is 0.846. The predicted molar refractivity (Wildman–Crippen MR) is 66.6 cm³/mol. The molecule has 1 heterocycles. The predicted octanol–water partition coefficient (Wildman–Crippen LogP) is 3.38. The minimum atomic E-state index is -4.23. The van der Waals surface area contributed by atoms with Gasteiger partial charge in [0.25, 0.3) is 0 Å². The van der Waals surface area contributed by atoms with Crippen LogP contribution in [0.5, 0.6) is 0 Å². The van der Waals surface area contributed by atoms with Gasteiger partial charge in [-0.25, -0.2) is 9.78 Å². The van der Waals surface area contributed by atoms with Crippen LogP contribution in [0.1, 0.15) is 35.6 Å². The lowest BCUT2D eigenvalue weighted by Gasteiger charge is -2.14. The van der Waals surface area contributed by atoms with E-state index in [9.17, 15) is 18.0 Å². The standard InChI is InChI=1S/C11H15F3N2O2S/c1-4-18-9(17)8-7(3)19-10(16-8)15-6(2)5-11(12,13)14/h6H,4-5H2,1-3H3,(H,15,16). The van der Waals surface area contributed by atoms with Gasteiger partial charge in [-0.2, -0.15) is 13.2 Å². The van der Waals surface area contributed by atoms with E-state index in [-0.39, 0.29) is 17.4 Å². The molecule has 0 aliphatic heterocycles. The number of alkyl halides is 3. The number of hydrogen-bond donors (Lipinski definition) is 1. The Balaban J connectivity index is 2.71. The Labute approximate surface area is 113 Å². The molecule has 0 aliphatic rings. The largest absolute Gasteiger partial charge is 0.461 e. The van der Waals surface area contributed by atoms with Gasteiger partial charge in [0, 0.05) is 10.9 Å². The van der Waals surface area contributed by atoms with Crippen molar-refractivity contribution in [3.8, 4) is 0 Å². The molecule has 8 heteroatoms. The average molecular weight is 296 g/mol. The summed E-state index contributed by atoms with van der Waals surface area (Å²) in [7, 11) is 0. The van der Waals surface area contributed by atoms with Crippen LogP contribution < -0.4 is 5.32 Å². The molecule has 0 bridgehead atoms. The number of anilines is 1. The van der Waals surface area contributed by atoms with Gasteiger partial charge in [0.15, 0.2) is 10.8 Å². The second-order valence-electron chi connectivity index (χ2n) is 4.01. The number of hydrogen-bond acceptors (Lipinski definition) is 5. The van der Waals surface area contributed by atoms with Gasteiger partial charge < -0.3 is 10.1 Å². The van der Waals surface area contributed by atoms with Crippen LogP contribution in [-0.4, -0.2) is 29.8 Å². The maximum atomic E-state index is 12.2. The number of rotatable bonds is 5. The third-order valence-electron chi connectivity index (χ3n) is 2.17. The molecule has 1 N–H and O–H groups in total. The van der Waals surface area contributed by atoms with Crippen molar-refractivity contribution in [1.82, 2.24) is 4.98 Å². The smallest absolute Gasteiger partial charge is 0.391 e. The molecule has 19 heavy (non-hydrogen) atoms. The van der Waals surface area contributed by atoms with Gasteiger partial charge in [-0.3, -0.25) is 0 Å². The first-order valence-corrected chi connectivity index (χ1v) is 6.52. The summed E-state index contributed by atoms with van der Waals surface area (Å²) in [5.74, 6) is -0.562. The number of carbonyl (C=O) groups excluding carboxylic acids is 1. The van der Waals surface area contributed by atoms with Gasteiger partial charge in [0.05, 0.1) is 13.0 Å². The Hall–Kier alpha value is -1.31. The van der Waals surface area contributed by atoms with E-state index in [4.69, 9.17) is 4.74 Å². The third kappa shape index (κ3) is 5.06.